The third kappa shape index (κ3) is 6.29. The first kappa shape index (κ1) is 19.1. The highest BCUT2D eigenvalue weighted by atomic mass is 16.5. The van der Waals surface area contributed by atoms with Gasteiger partial charge in [-0.05, 0) is 44.2 Å². The van der Waals surface area contributed by atoms with E-state index in [1.165, 1.54) is 0 Å². The number of carbonyl (C=O) groups is 2. The molecule has 138 valence electrons. The number of rotatable bonds is 9. The Labute approximate surface area is 149 Å². The summed E-state index contributed by atoms with van der Waals surface area (Å²) in [5, 5.41) is 5.64. The number of carbonyl (C=O) groups excluding carboxylic acids is 2. The molecule has 0 bridgehead atoms. The predicted molar refractivity (Wildman–Crippen MR) is 97.9 cm³/mol. The Kier molecular flexibility index (Phi) is 7.57. The predicted octanol–water partition coefficient (Wildman–Crippen LogP) is 2.38. The zero-order valence-corrected chi connectivity index (χ0v) is 15.3. The summed E-state index contributed by atoms with van der Waals surface area (Å²) in [5.74, 6) is 1.16. The van der Waals surface area contributed by atoms with Crippen molar-refractivity contribution in [1.29, 1.82) is 0 Å². The molecule has 0 atom stereocenters. The number of ether oxygens (including phenoxy) is 1. The number of benzene rings is 1. The SMILES string of the molecule is Cc1cccc(C)c1OCCCNC(=O)NCCCN1CCCC1=O. The standard InChI is InChI=1S/C19H29N3O3/c1-15-7-3-8-16(2)18(15)25-14-6-11-21-19(24)20-10-5-13-22-12-4-9-17(22)23/h3,7-8H,4-6,9-14H2,1-2H3,(H2,20,21,24). The normalized spacial score (nSPS) is 13.8. The molecule has 1 aliphatic rings. The van der Waals surface area contributed by atoms with Crippen molar-refractivity contribution in [2.75, 3.05) is 32.8 Å². The number of amides is 3. The van der Waals surface area contributed by atoms with Gasteiger partial charge < -0.3 is 20.3 Å². The largest absolute Gasteiger partial charge is 0.493 e. The highest BCUT2D eigenvalue weighted by Gasteiger charge is 2.18. The van der Waals surface area contributed by atoms with Crippen LogP contribution in [0.2, 0.25) is 0 Å². The molecule has 1 aromatic rings. The van der Waals surface area contributed by atoms with Crippen molar-refractivity contribution >= 4 is 11.9 Å². The van der Waals surface area contributed by atoms with Crippen LogP contribution in [-0.2, 0) is 4.79 Å². The van der Waals surface area contributed by atoms with E-state index in [0.29, 0.717) is 26.1 Å². The van der Waals surface area contributed by atoms with Crippen molar-refractivity contribution < 1.29 is 14.3 Å². The second kappa shape index (κ2) is 9.91. The number of urea groups is 1. The summed E-state index contributed by atoms with van der Waals surface area (Å²) in [6.45, 7) is 7.36. The zero-order chi connectivity index (χ0) is 18.1. The van der Waals surface area contributed by atoms with Gasteiger partial charge in [0.25, 0.3) is 0 Å². The van der Waals surface area contributed by atoms with E-state index in [1.54, 1.807) is 0 Å². The summed E-state index contributed by atoms with van der Waals surface area (Å²) in [4.78, 5) is 25.0. The second-order valence-electron chi connectivity index (χ2n) is 6.44. The van der Waals surface area contributed by atoms with Crippen LogP contribution >= 0.6 is 0 Å². The Morgan fingerprint density at radius 1 is 1.16 bits per heavy atom. The first-order valence-corrected chi connectivity index (χ1v) is 9.06. The molecule has 6 heteroatoms. The minimum absolute atomic E-state index is 0.167. The maximum absolute atomic E-state index is 11.7. The van der Waals surface area contributed by atoms with Gasteiger partial charge in [0.05, 0.1) is 6.61 Å². The van der Waals surface area contributed by atoms with E-state index in [4.69, 9.17) is 4.74 Å². The lowest BCUT2D eigenvalue weighted by atomic mass is 10.1. The van der Waals surface area contributed by atoms with Crippen LogP contribution in [0, 0.1) is 13.8 Å². The van der Waals surface area contributed by atoms with Crippen molar-refractivity contribution in [3.63, 3.8) is 0 Å². The van der Waals surface area contributed by atoms with E-state index in [9.17, 15) is 9.59 Å². The quantitative estimate of drug-likeness (QED) is 0.674. The molecule has 0 aliphatic carbocycles. The Hall–Kier alpha value is -2.24. The van der Waals surface area contributed by atoms with Crippen LogP contribution in [0.1, 0.15) is 36.8 Å². The number of nitrogens with one attached hydrogen (secondary N) is 2. The summed E-state index contributed by atoms with van der Waals surface area (Å²) in [6.07, 6.45) is 3.16. The number of hydrogen-bond acceptors (Lipinski definition) is 3. The number of hydrogen-bond donors (Lipinski definition) is 2. The highest BCUT2D eigenvalue weighted by molar-refractivity contribution is 5.78. The van der Waals surface area contributed by atoms with Crippen molar-refractivity contribution in [1.82, 2.24) is 15.5 Å². The van der Waals surface area contributed by atoms with Gasteiger partial charge in [-0.1, -0.05) is 18.2 Å². The van der Waals surface area contributed by atoms with Gasteiger partial charge in [0, 0.05) is 32.6 Å². The van der Waals surface area contributed by atoms with Crippen LogP contribution in [0.4, 0.5) is 4.79 Å². The number of para-hydroxylation sites is 1. The van der Waals surface area contributed by atoms with Gasteiger partial charge in [-0.25, -0.2) is 4.79 Å². The molecule has 1 heterocycles. The Bertz CT molecular complexity index is 569. The van der Waals surface area contributed by atoms with E-state index in [0.717, 1.165) is 49.2 Å². The van der Waals surface area contributed by atoms with Crippen LogP contribution in [0.25, 0.3) is 0 Å². The smallest absolute Gasteiger partial charge is 0.314 e. The molecule has 1 aromatic carbocycles. The summed E-state index contributed by atoms with van der Waals surface area (Å²) < 4.78 is 5.81. The molecular weight excluding hydrogens is 318 g/mol. The highest BCUT2D eigenvalue weighted by Crippen LogP contribution is 2.22. The molecule has 0 aromatic heterocycles. The van der Waals surface area contributed by atoms with Crippen LogP contribution < -0.4 is 15.4 Å². The molecular formula is C19H29N3O3. The maximum Gasteiger partial charge on any atom is 0.314 e. The lowest BCUT2D eigenvalue weighted by Crippen LogP contribution is -2.38. The molecule has 0 unspecified atom stereocenters. The Morgan fingerprint density at radius 2 is 1.84 bits per heavy atom. The van der Waals surface area contributed by atoms with E-state index in [2.05, 4.69) is 10.6 Å². The molecule has 1 fully saturated rings. The summed E-state index contributed by atoms with van der Waals surface area (Å²) in [5.41, 5.74) is 2.25. The van der Waals surface area contributed by atoms with Crippen LogP contribution in [0.5, 0.6) is 5.75 Å². The number of likely N-dealkylation sites (tertiary alicyclic amines) is 1. The van der Waals surface area contributed by atoms with E-state index >= 15 is 0 Å². The monoisotopic (exact) mass is 347 g/mol. The van der Waals surface area contributed by atoms with Crippen molar-refractivity contribution in [2.24, 2.45) is 0 Å². The van der Waals surface area contributed by atoms with E-state index < -0.39 is 0 Å². The Morgan fingerprint density at radius 3 is 2.48 bits per heavy atom. The average Bonchev–Trinajstić information content (AvgIpc) is 2.99. The van der Waals surface area contributed by atoms with Crippen LogP contribution in [-0.4, -0.2) is 49.6 Å². The average molecular weight is 347 g/mol. The van der Waals surface area contributed by atoms with Crippen LogP contribution in [0.15, 0.2) is 18.2 Å². The molecule has 0 saturated carbocycles. The van der Waals surface area contributed by atoms with Gasteiger partial charge in [0.1, 0.15) is 5.75 Å². The molecule has 1 saturated heterocycles. The molecule has 2 N–H and O–H groups in total. The Balaban J connectivity index is 1.50. The van der Waals surface area contributed by atoms with Crippen LogP contribution in [0.3, 0.4) is 0 Å². The fourth-order valence-corrected chi connectivity index (χ4v) is 2.95. The number of aryl methyl sites for hydroxylation is 2. The lowest BCUT2D eigenvalue weighted by molar-refractivity contribution is -0.127. The van der Waals surface area contributed by atoms with Crippen molar-refractivity contribution in [3.05, 3.63) is 29.3 Å². The van der Waals surface area contributed by atoms with Crippen molar-refractivity contribution in [3.8, 4) is 5.75 Å². The molecule has 0 radical (unpaired) electrons. The molecule has 0 spiro atoms. The van der Waals surface area contributed by atoms with E-state index in [-0.39, 0.29) is 11.9 Å². The summed E-state index contributed by atoms with van der Waals surface area (Å²) in [7, 11) is 0. The maximum atomic E-state index is 11.7. The van der Waals surface area contributed by atoms with Gasteiger partial charge in [-0.2, -0.15) is 0 Å². The van der Waals surface area contributed by atoms with Crippen molar-refractivity contribution in [2.45, 2.75) is 39.5 Å². The molecule has 3 amide bonds. The van der Waals surface area contributed by atoms with E-state index in [1.807, 2.05) is 36.9 Å². The second-order valence-corrected chi connectivity index (χ2v) is 6.44. The lowest BCUT2D eigenvalue weighted by Gasteiger charge is -2.15. The van der Waals surface area contributed by atoms with Gasteiger partial charge >= 0.3 is 6.03 Å². The topological polar surface area (TPSA) is 70.7 Å². The first-order chi connectivity index (χ1) is 12.1. The van der Waals surface area contributed by atoms with Gasteiger partial charge in [-0.3, -0.25) is 4.79 Å². The molecule has 6 nitrogen and oxygen atoms in total. The number of nitrogens with zero attached hydrogens (tertiary/aromatic N) is 1. The first-order valence-electron chi connectivity index (χ1n) is 9.06. The third-order valence-corrected chi connectivity index (χ3v) is 4.32. The third-order valence-electron chi connectivity index (χ3n) is 4.32. The summed E-state index contributed by atoms with van der Waals surface area (Å²) >= 11 is 0. The minimum atomic E-state index is -0.167. The molecule has 1 aliphatic heterocycles. The molecule has 2 rings (SSSR count). The fraction of sp³-hybridized carbons (Fsp3) is 0.579. The molecule has 25 heavy (non-hydrogen) atoms. The zero-order valence-electron chi connectivity index (χ0n) is 15.3. The van der Waals surface area contributed by atoms with Gasteiger partial charge in [0.15, 0.2) is 0 Å². The van der Waals surface area contributed by atoms with Gasteiger partial charge in [0.2, 0.25) is 5.91 Å². The van der Waals surface area contributed by atoms with Gasteiger partial charge in [-0.15, -0.1) is 0 Å². The minimum Gasteiger partial charge on any atom is -0.493 e. The summed E-state index contributed by atoms with van der Waals surface area (Å²) in [6, 6.07) is 5.91. The fourth-order valence-electron chi connectivity index (χ4n) is 2.95.